The van der Waals surface area contributed by atoms with E-state index in [-0.39, 0.29) is 30.5 Å². The molecule has 0 saturated heterocycles. The maximum Gasteiger partial charge on any atom is 0.0648 e. The molecule has 124 valence electrons. The van der Waals surface area contributed by atoms with Gasteiger partial charge in [0.05, 0.1) is 6.61 Å². The van der Waals surface area contributed by atoms with Gasteiger partial charge in [0.1, 0.15) is 0 Å². The van der Waals surface area contributed by atoms with Gasteiger partial charge in [0, 0.05) is 23.9 Å². The van der Waals surface area contributed by atoms with Crippen molar-refractivity contribution in [3.63, 3.8) is 0 Å². The molecule has 0 spiro atoms. The van der Waals surface area contributed by atoms with Crippen molar-refractivity contribution in [3.8, 4) is 0 Å². The number of hydrogen-bond donors (Lipinski definition) is 1. The molecule has 0 aliphatic heterocycles. The standard InChI is InChI=1S/C7H8O.3C4H10.Sn/c8-6-7-4-2-1-3-5-7;3*1-3-4-2;/h2-4,8H,5-6H2;3*3-4H2,1-2H3;. The summed E-state index contributed by atoms with van der Waals surface area (Å²) in [5.74, 6) is 0. The average molecular weight is 401 g/mol. The minimum absolute atomic E-state index is 0. The van der Waals surface area contributed by atoms with Crippen molar-refractivity contribution in [3.05, 3.63) is 29.5 Å². The number of aliphatic hydroxyl groups excluding tert-OH is 1. The molecule has 1 aliphatic rings. The van der Waals surface area contributed by atoms with Crippen molar-refractivity contribution in [2.45, 2.75) is 86.5 Å². The van der Waals surface area contributed by atoms with Crippen LogP contribution in [0.4, 0.5) is 0 Å². The first-order chi connectivity index (χ1) is 9.67. The van der Waals surface area contributed by atoms with Crippen LogP contribution in [0.1, 0.15) is 86.5 Å². The molecule has 1 aliphatic carbocycles. The summed E-state index contributed by atoms with van der Waals surface area (Å²) < 4.78 is 0. The van der Waals surface area contributed by atoms with Crippen molar-refractivity contribution < 1.29 is 5.11 Å². The van der Waals surface area contributed by atoms with Crippen LogP contribution in [-0.4, -0.2) is 35.6 Å². The summed E-state index contributed by atoms with van der Waals surface area (Å²) >= 11 is 0. The molecular weight excluding hydrogens is 363 g/mol. The first-order valence-electron chi connectivity index (χ1n) is 8.37. The fraction of sp³-hybridized carbons (Fsp3) is 0.737. The van der Waals surface area contributed by atoms with Crippen molar-refractivity contribution in [1.29, 1.82) is 0 Å². The van der Waals surface area contributed by atoms with Crippen molar-refractivity contribution in [2.75, 3.05) is 6.61 Å². The second kappa shape index (κ2) is 32.1. The van der Waals surface area contributed by atoms with Gasteiger partial charge in [0.15, 0.2) is 0 Å². The molecule has 1 N–H and O–H groups in total. The second-order valence-electron chi connectivity index (χ2n) is 4.72. The van der Waals surface area contributed by atoms with Crippen LogP contribution in [0, 0.1) is 0 Å². The minimum Gasteiger partial charge on any atom is -0.392 e. The van der Waals surface area contributed by atoms with Crippen molar-refractivity contribution in [1.82, 2.24) is 0 Å². The van der Waals surface area contributed by atoms with Gasteiger partial charge >= 0.3 is 0 Å². The predicted octanol–water partition coefficient (Wildman–Crippen LogP) is 6.06. The number of hydrogen-bond acceptors (Lipinski definition) is 1. The Bertz CT molecular complexity index is 222. The topological polar surface area (TPSA) is 20.2 Å². The van der Waals surface area contributed by atoms with E-state index in [1.54, 1.807) is 0 Å². The maximum absolute atomic E-state index is 8.55. The zero-order valence-corrected chi connectivity index (χ0v) is 18.2. The summed E-state index contributed by atoms with van der Waals surface area (Å²) in [6.45, 7) is 13.3. The predicted molar refractivity (Wildman–Crippen MR) is 99.9 cm³/mol. The van der Waals surface area contributed by atoms with Gasteiger partial charge in [0.25, 0.3) is 0 Å². The fourth-order valence-corrected chi connectivity index (χ4v) is 0.609. The van der Waals surface area contributed by atoms with Crippen LogP contribution in [0.3, 0.4) is 0 Å². The van der Waals surface area contributed by atoms with Crippen molar-refractivity contribution in [2.24, 2.45) is 0 Å². The Morgan fingerprint density at radius 1 is 0.857 bits per heavy atom. The third-order valence-corrected chi connectivity index (χ3v) is 2.60. The minimum atomic E-state index is 0. The van der Waals surface area contributed by atoms with E-state index in [4.69, 9.17) is 5.11 Å². The summed E-state index contributed by atoms with van der Waals surface area (Å²) in [4.78, 5) is 0. The normalized spacial score (nSPS) is 10.5. The van der Waals surface area contributed by atoms with E-state index in [2.05, 4.69) is 47.3 Å². The molecular formula is C19H38OSn. The summed E-state index contributed by atoms with van der Waals surface area (Å²) in [5, 5.41) is 8.55. The largest absolute Gasteiger partial charge is 0.392 e. The third kappa shape index (κ3) is 38.3. The quantitative estimate of drug-likeness (QED) is 0.449. The smallest absolute Gasteiger partial charge is 0.0648 e. The van der Waals surface area contributed by atoms with E-state index in [0.29, 0.717) is 0 Å². The molecule has 0 aromatic heterocycles. The number of aliphatic hydroxyl groups is 1. The second-order valence-corrected chi connectivity index (χ2v) is 4.72. The molecule has 4 radical (unpaired) electrons. The van der Waals surface area contributed by atoms with E-state index in [9.17, 15) is 0 Å². The Hall–Kier alpha value is 0.0187. The van der Waals surface area contributed by atoms with Crippen LogP contribution >= 0.6 is 0 Å². The molecule has 0 unspecified atom stereocenters. The third-order valence-electron chi connectivity index (χ3n) is 2.60. The molecule has 21 heavy (non-hydrogen) atoms. The van der Waals surface area contributed by atoms with Crippen molar-refractivity contribution >= 4 is 23.9 Å². The zero-order chi connectivity index (χ0) is 16.1. The van der Waals surface area contributed by atoms with E-state index in [0.717, 1.165) is 12.0 Å². The molecule has 0 aromatic rings. The molecule has 0 heterocycles. The Balaban J connectivity index is -0.0000000973. The van der Waals surface area contributed by atoms with Gasteiger partial charge in [-0.3, -0.25) is 0 Å². The molecule has 0 aromatic carbocycles. The molecule has 0 saturated carbocycles. The number of unbranched alkanes of at least 4 members (excludes halogenated alkanes) is 3. The Morgan fingerprint density at radius 2 is 1.24 bits per heavy atom. The molecule has 0 bridgehead atoms. The summed E-state index contributed by atoms with van der Waals surface area (Å²) in [6, 6.07) is 0. The van der Waals surface area contributed by atoms with Crippen LogP contribution in [0.15, 0.2) is 29.5 Å². The van der Waals surface area contributed by atoms with E-state index in [1.165, 1.54) is 38.5 Å². The average Bonchev–Trinajstić information content (AvgIpc) is 2.56. The maximum atomic E-state index is 8.55. The van der Waals surface area contributed by atoms with Crippen LogP contribution in [0.5, 0.6) is 0 Å². The van der Waals surface area contributed by atoms with Crippen LogP contribution in [0.2, 0.25) is 0 Å². The monoisotopic (exact) mass is 402 g/mol. The molecule has 0 fully saturated rings. The number of rotatable bonds is 4. The fourth-order valence-electron chi connectivity index (χ4n) is 0.609. The summed E-state index contributed by atoms with van der Waals surface area (Å²) in [7, 11) is 0. The summed E-state index contributed by atoms with van der Waals surface area (Å²) in [5.41, 5.74) is 3.97. The van der Waals surface area contributed by atoms with E-state index in [1.807, 2.05) is 18.2 Å². The molecule has 0 amide bonds. The van der Waals surface area contributed by atoms with Crippen LogP contribution in [-0.2, 0) is 0 Å². The van der Waals surface area contributed by atoms with Gasteiger partial charge in [-0.2, -0.15) is 0 Å². The zero-order valence-electron chi connectivity index (χ0n) is 15.3. The Kier molecular flexibility index (Phi) is 44.5. The first kappa shape index (κ1) is 29.1. The van der Waals surface area contributed by atoms with Gasteiger partial charge in [-0.1, -0.05) is 86.1 Å². The molecule has 2 heteroatoms. The molecule has 1 nitrogen and oxygen atoms in total. The van der Waals surface area contributed by atoms with Gasteiger partial charge in [-0.15, -0.1) is 5.73 Å². The molecule has 0 atom stereocenters. The van der Waals surface area contributed by atoms with E-state index >= 15 is 0 Å². The first-order valence-corrected chi connectivity index (χ1v) is 8.37. The van der Waals surface area contributed by atoms with Gasteiger partial charge in [-0.25, -0.2) is 0 Å². The van der Waals surface area contributed by atoms with Gasteiger partial charge in [-0.05, 0) is 24.1 Å². The summed E-state index contributed by atoms with van der Waals surface area (Å²) in [6.07, 6.45) is 14.4. The Labute approximate surface area is 151 Å². The SMILES string of the molecule is CCCC.CCCC.CCCC.OCC1=CC=C=CC1.[Sn]. The van der Waals surface area contributed by atoms with Gasteiger partial charge in [0.2, 0.25) is 0 Å². The number of allylic oxidation sites excluding steroid dienone is 2. The van der Waals surface area contributed by atoms with Crippen LogP contribution in [0.25, 0.3) is 0 Å². The van der Waals surface area contributed by atoms with Gasteiger partial charge < -0.3 is 5.11 Å². The molecule has 1 rings (SSSR count). The van der Waals surface area contributed by atoms with Crippen LogP contribution < -0.4 is 0 Å². The Morgan fingerprint density at radius 3 is 1.38 bits per heavy atom. The van der Waals surface area contributed by atoms with E-state index < -0.39 is 0 Å².